The number of pyridine rings is 1. The van der Waals surface area contributed by atoms with Gasteiger partial charge in [0.05, 0.1) is 0 Å². The van der Waals surface area contributed by atoms with E-state index in [-0.39, 0.29) is 23.6 Å². The average Bonchev–Trinajstić information content (AvgIpc) is 2.81. The van der Waals surface area contributed by atoms with Gasteiger partial charge in [0.2, 0.25) is 6.10 Å². The number of rotatable bonds is 5. The molecule has 178 valence electrons. The average molecular weight is 465 g/mol. The van der Waals surface area contributed by atoms with Crippen molar-refractivity contribution in [3.05, 3.63) is 75.1 Å². The Hall–Kier alpha value is -3.81. The number of para-hydroxylation sites is 1. The van der Waals surface area contributed by atoms with Crippen molar-refractivity contribution in [2.45, 2.75) is 45.1 Å². The molecule has 3 aromatic rings. The first-order valence-electron chi connectivity index (χ1n) is 11.3. The smallest absolute Gasteiger partial charge is 0.410 e. The molecule has 0 radical (unpaired) electrons. The van der Waals surface area contributed by atoms with Crippen LogP contribution in [0, 0.1) is 13.8 Å². The van der Waals surface area contributed by atoms with Crippen LogP contribution in [0.1, 0.15) is 41.0 Å². The topological polar surface area (TPSA) is 120 Å². The first-order valence-corrected chi connectivity index (χ1v) is 11.3. The van der Waals surface area contributed by atoms with Crippen molar-refractivity contribution in [1.29, 1.82) is 0 Å². The summed E-state index contributed by atoms with van der Waals surface area (Å²) < 4.78 is 5.34. The van der Waals surface area contributed by atoms with Gasteiger partial charge in [-0.2, -0.15) is 0 Å². The van der Waals surface area contributed by atoms with Crippen molar-refractivity contribution >= 4 is 23.0 Å². The minimum absolute atomic E-state index is 0.00592. The van der Waals surface area contributed by atoms with Crippen molar-refractivity contribution in [1.82, 2.24) is 9.88 Å². The zero-order valence-corrected chi connectivity index (χ0v) is 19.2. The standard InChI is InChI=1S/C26H28N2O6/c1-15-11-17(12-16(2)23(15)29)13-22(25(31)32)34-26(33)28-9-7-18(8-10-28)20-14-19-5-3-4-6-21(19)27-24(20)30/h3-6,11-12,14,18,22,29H,7-10,13H2,1-2H3,(H,27,30)(H,31,32). The Labute approximate surface area is 196 Å². The van der Waals surface area contributed by atoms with E-state index in [0.717, 1.165) is 10.9 Å². The van der Waals surface area contributed by atoms with E-state index in [0.29, 0.717) is 48.2 Å². The Morgan fingerprint density at radius 1 is 1.12 bits per heavy atom. The number of nitrogens with zero attached hydrogens (tertiary/aromatic N) is 1. The largest absolute Gasteiger partial charge is 0.507 e. The second-order valence-electron chi connectivity index (χ2n) is 8.90. The number of aromatic nitrogens is 1. The van der Waals surface area contributed by atoms with Crippen molar-refractivity contribution < 1.29 is 24.5 Å². The number of ether oxygens (including phenoxy) is 1. The molecule has 3 N–H and O–H groups in total. The lowest BCUT2D eigenvalue weighted by Gasteiger charge is -2.32. The molecular weight excluding hydrogens is 436 g/mol. The SMILES string of the molecule is Cc1cc(CC(OC(=O)N2CCC(c3cc4ccccc4[nH]c3=O)CC2)C(=O)O)cc(C)c1O. The van der Waals surface area contributed by atoms with Gasteiger partial charge in [-0.15, -0.1) is 0 Å². The number of phenolic OH excluding ortho intramolecular Hbond substituents is 1. The number of benzene rings is 2. The minimum atomic E-state index is -1.34. The number of phenols is 1. The molecule has 1 saturated heterocycles. The minimum Gasteiger partial charge on any atom is -0.507 e. The van der Waals surface area contributed by atoms with E-state index in [9.17, 15) is 24.6 Å². The summed E-state index contributed by atoms with van der Waals surface area (Å²) in [6.07, 6.45) is -0.830. The number of nitrogens with one attached hydrogen (secondary N) is 1. The van der Waals surface area contributed by atoms with Crippen LogP contribution < -0.4 is 5.56 Å². The summed E-state index contributed by atoms with van der Waals surface area (Å²) in [5.41, 5.74) is 3.31. The van der Waals surface area contributed by atoms with Crippen molar-refractivity contribution in [2.24, 2.45) is 0 Å². The van der Waals surface area contributed by atoms with Crippen LogP contribution in [0.5, 0.6) is 5.75 Å². The quantitative estimate of drug-likeness (QED) is 0.527. The van der Waals surface area contributed by atoms with Gasteiger partial charge in [0.25, 0.3) is 5.56 Å². The Kier molecular flexibility index (Phi) is 6.58. The van der Waals surface area contributed by atoms with Crippen LogP contribution in [0.4, 0.5) is 4.79 Å². The highest BCUT2D eigenvalue weighted by molar-refractivity contribution is 5.79. The molecule has 8 heteroatoms. The Morgan fingerprint density at radius 3 is 2.41 bits per heavy atom. The number of aryl methyl sites for hydroxylation is 2. The highest BCUT2D eigenvalue weighted by Gasteiger charge is 2.30. The van der Waals surface area contributed by atoms with E-state index in [4.69, 9.17) is 4.74 Å². The molecule has 2 heterocycles. The number of aromatic hydroxyl groups is 1. The predicted molar refractivity (Wildman–Crippen MR) is 127 cm³/mol. The lowest BCUT2D eigenvalue weighted by atomic mass is 9.89. The fourth-order valence-corrected chi connectivity index (χ4v) is 4.59. The third kappa shape index (κ3) is 4.90. The van der Waals surface area contributed by atoms with Crippen molar-refractivity contribution in [3.8, 4) is 5.75 Å². The number of likely N-dealkylation sites (tertiary alicyclic amines) is 1. The van der Waals surface area contributed by atoms with E-state index >= 15 is 0 Å². The Balaban J connectivity index is 1.40. The fourth-order valence-electron chi connectivity index (χ4n) is 4.59. The number of carbonyl (C=O) groups excluding carboxylic acids is 1. The molecule has 0 bridgehead atoms. The number of carboxylic acid groups (broad SMARTS) is 1. The fraction of sp³-hybridized carbons (Fsp3) is 0.346. The lowest BCUT2D eigenvalue weighted by Crippen LogP contribution is -2.42. The monoisotopic (exact) mass is 464 g/mol. The molecule has 1 fully saturated rings. The molecule has 0 spiro atoms. The summed E-state index contributed by atoms with van der Waals surface area (Å²) in [6, 6.07) is 12.9. The van der Waals surface area contributed by atoms with E-state index in [1.165, 1.54) is 4.90 Å². The van der Waals surface area contributed by atoms with E-state index in [1.807, 2.05) is 30.3 Å². The number of fused-ring (bicyclic) bond motifs is 1. The second kappa shape index (κ2) is 9.59. The zero-order valence-electron chi connectivity index (χ0n) is 19.2. The summed E-state index contributed by atoms with van der Waals surface area (Å²) in [7, 11) is 0. The molecule has 1 atom stereocenters. The molecule has 0 saturated carbocycles. The Morgan fingerprint density at radius 2 is 1.76 bits per heavy atom. The van der Waals surface area contributed by atoms with Gasteiger partial charge >= 0.3 is 12.1 Å². The molecule has 1 aliphatic rings. The van der Waals surface area contributed by atoms with Crippen LogP contribution in [-0.2, 0) is 16.0 Å². The maximum atomic E-state index is 12.7. The summed E-state index contributed by atoms with van der Waals surface area (Å²) >= 11 is 0. The maximum absolute atomic E-state index is 12.7. The van der Waals surface area contributed by atoms with Crippen LogP contribution in [0.3, 0.4) is 0 Å². The summed E-state index contributed by atoms with van der Waals surface area (Å²) in [5, 5.41) is 20.5. The van der Waals surface area contributed by atoms with E-state index in [1.54, 1.807) is 26.0 Å². The summed E-state index contributed by atoms with van der Waals surface area (Å²) in [5.74, 6) is -1.05. The van der Waals surface area contributed by atoms with Crippen LogP contribution in [-0.4, -0.2) is 51.4 Å². The highest BCUT2D eigenvalue weighted by Crippen LogP contribution is 2.28. The number of piperidine rings is 1. The third-order valence-electron chi connectivity index (χ3n) is 6.47. The van der Waals surface area contributed by atoms with Crippen molar-refractivity contribution in [3.63, 3.8) is 0 Å². The van der Waals surface area contributed by atoms with Gasteiger partial charge in [-0.1, -0.05) is 30.3 Å². The van der Waals surface area contributed by atoms with Crippen LogP contribution in [0.15, 0.2) is 47.3 Å². The number of hydrogen-bond donors (Lipinski definition) is 3. The van der Waals surface area contributed by atoms with E-state index < -0.39 is 18.2 Å². The van der Waals surface area contributed by atoms with Crippen LogP contribution in [0.2, 0.25) is 0 Å². The second-order valence-corrected chi connectivity index (χ2v) is 8.90. The number of aromatic amines is 1. The van der Waals surface area contributed by atoms with Gasteiger partial charge in [-0.25, -0.2) is 9.59 Å². The van der Waals surface area contributed by atoms with E-state index in [2.05, 4.69) is 4.98 Å². The molecule has 2 aromatic carbocycles. The van der Waals surface area contributed by atoms with Gasteiger partial charge in [-0.3, -0.25) is 4.79 Å². The molecule has 1 aliphatic heterocycles. The normalized spacial score (nSPS) is 15.3. The lowest BCUT2D eigenvalue weighted by molar-refractivity contribution is -0.147. The Bertz CT molecular complexity index is 1270. The molecule has 1 unspecified atom stereocenters. The molecular formula is C26H28N2O6. The summed E-state index contributed by atoms with van der Waals surface area (Å²) in [4.78, 5) is 41.5. The molecule has 4 rings (SSSR count). The number of aliphatic carboxylic acids is 1. The number of amides is 1. The van der Waals surface area contributed by atoms with Crippen LogP contribution in [0.25, 0.3) is 10.9 Å². The van der Waals surface area contributed by atoms with Gasteiger partial charge < -0.3 is 24.8 Å². The van der Waals surface area contributed by atoms with Crippen molar-refractivity contribution in [2.75, 3.05) is 13.1 Å². The first-order chi connectivity index (χ1) is 16.2. The third-order valence-corrected chi connectivity index (χ3v) is 6.47. The van der Waals surface area contributed by atoms with Crippen LogP contribution >= 0.6 is 0 Å². The zero-order chi connectivity index (χ0) is 24.4. The maximum Gasteiger partial charge on any atom is 0.410 e. The first kappa shape index (κ1) is 23.4. The van der Waals surface area contributed by atoms with Gasteiger partial charge in [0.1, 0.15) is 5.75 Å². The number of carboxylic acids is 1. The number of carbonyl (C=O) groups is 2. The number of H-pyrrole nitrogens is 1. The molecule has 1 amide bonds. The summed E-state index contributed by atoms with van der Waals surface area (Å²) in [6.45, 7) is 4.22. The molecule has 1 aromatic heterocycles. The number of hydrogen-bond acceptors (Lipinski definition) is 5. The van der Waals surface area contributed by atoms with Gasteiger partial charge in [0, 0.05) is 30.6 Å². The molecule has 0 aliphatic carbocycles. The van der Waals surface area contributed by atoms with Gasteiger partial charge in [0.15, 0.2) is 0 Å². The highest BCUT2D eigenvalue weighted by atomic mass is 16.6. The van der Waals surface area contributed by atoms with Gasteiger partial charge in [-0.05, 0) is 66.8 Å². The molecule has 34 heavy (non-hydrogen) atoms. The predicted octanol–water partition coefficient (Wildman–Crippen LogP) is 3.86. The molecule has 8 nitrogen and oxygen atoms in total.